The number of carboxylic acids is 2. The van der Waals surface area contributed by atoms with Gasteiger partial charge in [-0.05, 0) is 70.8 Å². The molecule has 0 aliphatic carbocycles. The first-order chi connectivity index (χ1) is 65.6. The Morgan fingerprint density at radius 2 is 0.714 bits per heavy atom. The second-order valence-corrected chi connectivity index (χ2v) is 35.1. The van der Waals surface area contributed by atoms with Gasteiger partial charge in [0, 0.05) is 37.8 Å². The molecule has 0 saturated carbocycles. The van der Waals surface area contributed by atoms with Gasteiger partial charge in [0.05, 0.1) is 89.4 Å². The number of aliphatic carboxylic acids is 2. The molecule has 140 heavy (non-hydrogen) atoms. The maximum absolute atomic E-state index is 15.2. The molecule has 8 saturated heterocycles. The largest absolute Gasteiger partial charge is 1.00 e. The fourth-order valence-electron chi connectivity index (χ4n) is 18.0. The molecule has 52 heteroatoms. The number of carboxylic acid groups (broad SMARTS) is 2. The predicted octanol–water partition coefficient (Wildman–Crippen LogP) is -19.5. The third-order valence-corrected chi connectivity index (χ3v) is 25.5. The minimum absolute atomic E-state index is 0. The van der Waals surface area contributed by atoms with Crippen molar-refractivity contribution >= 4 is 57.1 Å². The van der Waals surface area contributed by atoms with E-state index in [9.17, 15) is 142 Å². The zero-order valence-corrected chi connectivity index (χ0v) is 80.2. The number of amides is 4. The molecule has 0 radical (unpaired) electrons. The smallest absolute Gasteiger partial charge is 0.544 e. The molecular formula is C88H116N4Na2O46. The first-order valence-corrected chi connectivity index (χ1v) is 44.3. The van der Waals surface area contributed by atoms with Gasteiger partial charge in [-0.3, -0.25) is 19.2 Å². The molecule has 5 aromatic rings. The average molecular weight is 2010 g/mol. The molecule has 42 atom stereocenters. The number of fused-ring (bicyclic) bond motifs is 2. The van der Waals surface area contributed by atoms with Gasteiger partial charge in [-0.1, -0.05) is 84.9 Å². The van der Waals surface area contributed by atoms with E-state index in [-0.39, 0.29) is 81.4 Å². The van der Waals surface area contributed by atoms with Gasteiger partial charge in [0.15, 0.2) is 37.7 Å². The Hall–Kier alpha value is -6.08. The van der Waals surface area contributed by atoms with Crippen molar-refractivity contribution < 1.29 is 286 Å². The van der Waals surface area contributed by atoms with Crippen LogP contribution in [0.4, 0.5) is 0 Å². The number of hydrogen-bond acceptors (Lipinski definition) is 46. The van der Waals surface area contributed by atoms with E-state index in [1.54, 1.807) is 60.7 Å². The number of carbonyl (C=O) groups excluding carboxylic acids is 6. The van der Waals surface area contributed by atoms with Crippen LogP contribution in [0.3, 0.4) is 0 Å². The van der Waals surface area contributed by atoms with Crippen LogP contribution in [0.15, 0.2) is 109 Å². The van der Waals surface area contributed by atoms with Crippen LogP contribution in [-0.2, 0) is 108 Å². The van der Waals surface area contributed by atoms with Crippen molar-refractivity contribution in [1.82, 2.24) is 21.3 Å². The third kappa shape index (κ3) is 25.1. The standard InChI is InChI=1S/C88H118N4O46.2Na/c1-33-57(105)63(111)65(113)81(125-33)133-73-55(91-77(117)43-18-16-39-12-5-7-14-41(39)21-43)79(129-51(29-97)69(73)131-83-67(115)75(61(109)49(27-95)127-83)137-87(85(119)120)23-45(101)53(89-35(3)99)71(135-87)59(107)47(103)25-93)123-31-37-10-9-11-38(20-37)32-124-80-56(92-78(118)44-19-17-40-13-6-8-15-42(40)22-44)74(134-82-66(114)64(112)58(106)34(2)126-82)70(52(30-98)130-80)132-84-68(116)76(62(110)50(28-96)128-84)138-88(86(121)122)24-46(102)54(90-36(4)100)72(136-88)60(108)48(104)26-94;;/h5-22,33-34,45-76,79-84,93-98,101-116H,23-32H2,1-4H3,(H,89,99)(H,90,100)(H,91,117)(H,92,118)(H,119,120)(H,121,122);;/q;2*+1/p-2/t33-,34-,45-,46-,47+,48+,49+,50+,51+,52+,53+,54+,55+,56+,57+,58+,59+,60+,61-,62-,63+,64+,65-,66-,67+,68+,69+,70+,71+,72+,73+,74+,75-,76-,79+,80+,81-,82-,83-,84-,87-,88-;;/m0../s1. The minimum Gasteiger partial charge on any atom is -0.544 e. The van der Waals surface area contributed by atoms with Crippen LogP contribution in [0.25, 0.3) is 21.5 Å². The van der Waals surface area contributed by atoms with Crippen LogP contribution in [0, 0.1) is 0 Å². The second-order valence-electron chi connectivity index (χ2n) is 35.1. The van der Waals surface area contributed by atoms with Gasteiger partial charge in [-0.2, -0.15) is 0 Å². The summed E-state index contributed by atoms with van der Waals surface area (Å²) in [5.74, 6) is -15.2. The summed E-state index contributed by atoms with van der Waals surface area (Å²) >= 11 is 0. The summed E-state index contributed by atoms with van der Waals surface area (Å²) in [6.45, 7) is -3.98. The summed E-state index contributed by atoms with van der Waals surface area (Å²) in [4.78, 5) is 82.1. The van der Waals surface area contributed by atoms with E-state index in [1.807, 2.05) is 0 Å². The Bertz CT molecular complexity index is 4650. The Morgan fingerprint density at radius 1 is 0.379 bits per heavy atom. The molecule has 8 aliphatic rings. The summed E-state index contributed by atoms with van der Waals surface area (Å²) in [5.41, 5.74) is 0.252. The van der Waals surface area contributed by atoms with E-state index < -0.39 is 358 Å². The molecule has 0 aromatic heterocycles. The maximum Gasteiger partial charge on any atom is 1.00 e. The Labute approximate surface area is 840 Å². The van der Waals surface area contributed by atoms with Crippen LogP contribution in [0.5, 0.6) is 0 Å². The Balaban J connectivity index is 0.00000937. The summed E-state index contributed by atoms with van der Waals surface area (Å²) < 4.78 is 99.3. The molecule has 0 unspecified atom stereocenters. The molecule has 0 spiro atoms. The summed E-state index contributed by atoms with van der Waals surface area (Å²) in [5, 5.41) is 287. The number of nitrogens with one attached hydrogen (secondary N) is 4. The van der Waals surface area contributed by atoms with E-state index in [4.69, 9.17) is 75.8 Å². The third-order valence-electron chi connectivity index (χ3n) is 25.5. The number of hydrogen-bond donors (Lipinski definition) is 26. The zero-order valence-electron chi connectivity index (χ0n) is 76.2. The normalized spacial score (nSPS) is 38.9. The average Bonchev–Trinajstić information content (AvgIpc) is 0.750. The minimum atomic E-state index is -3.42. The number of rotatable bonds is 36. The molecule has 766 valence electrons. The van der Waals surface area contributed by atoms with Crippen molar-refractivity contribution in [2.24, 2.45) is 0 Å². The van der Waals surface area contributed by atoms with Gasteiger partial charge in [0.25, 0.3) is 11.8 Å². The van der Waals surface area contributed by atoms with E-state index in [2.05, 4.69) is 21.3 Å². The SMILES string of the molecule is CC(=O)N[C@H]1[C@H]([C@H](O)[C@H](O)CO)O[C@@](O[C@H]2[C@@H](O)[C@@H](CO)O[C@@H](O[C@H]3[C@H](O[C@@H]4O[C@@H](C)[C@@H](O)[C@@H](O)[C@@H]4O)[C@@H](NC(=O)c4ccc5ccccc5c4)[C@H](OCc4cccc(CO[C@@H]5O[C@H](CO)[C@@H](O[C@@H]6O[C@H](CO)[C@H](O)[C@H](O[C@]7(C(=O)[O-])C[C@H](O)[C@@H](NC(C)=O)[C@H]([C@H](O)[C@H](O)CO)O7)[C@H]6O)[C@H](O[C@@H]6O[C@@H](C)[C@@H](O)[C@@H](O)[C@@H]6O)[C@H]5NC(=O)c5ccc6ccccc6c5)c4)O[C@@H]3CO)[C@@H]2O)(C(=O)[O-])C[C@@H]1O.[Na+].[Na+]. The number of aliphatic hydroxyl groups is 22. The van der Waals surface area contributed by atoms with Crippen molar-refractivity contribution in [3.05, 3.63) is 131 Å². The molecule has 8 aliphatic heterocycles. The van der Waals surface area contributed by atoms with Crippen LogP contribution in [0.2, 0.25) is 0 Å². The van der Waals surface area contributed by atoms with Crippen LogP contribution < -0.4 is 90.6 Å². The molecule has 5 aromatic carbocycles. The van der Waals surface area contributed by atoms with Gasteiger partial charge in [0.1, 0.15) is 183 Å². The molecule has 26 N–H and O–H groups in total. The van der Waals surface area contributed by atoms with Crippen molar-refractivity contribution in [2.75, 3.05) is 39.6 Å². The molecule has 13 rings (SSSR count). The first-order valence-electron chi connectivity index (χ1n) is 44.3. The molecule has 4 amide bonds. The van der Waals surface area contributed by atoms with E-state index >= 15 is 9.59 Å². The first kappa shape index (κ1) is 114. The van der Waals surface area contributed by atoms with Gasteiger partial charge < -0.3 is 229 Å². The number of aliphatic hydroxyl groups excluding tert-OH is 22. The Morgan fingerprint density at radius 3 is 1.05 bits per heavy atom. The molecular weight excluding hydrogens is 1890 g/mol. The van der Waals surface area contributed by atoms with Crippen molar-refractivity contribution in [3.63, 3.8) is 0 Å². The van der Waals surface area contributed by atoms with Crippen molar-refractivity contribution in [2.45, 2.75) is 310 Å². The fourth-order valence-corrected chi connectivity index (χ4v) is 18.0. The van der Waals surface area contributed by atoms with Crippen molar-refractivity contribution in [3.8, 4) is 0 Å². The maximum atomic E-state index is 15.2. The van der Waals surface area contributed by atoms with Gasteiger partial charge in [-0.15, -0.1) is 0 Å². The van der Waals surface area contributed by atoms with Crippen LogP contribution in [-0.4, -0.2) is 444 Å². The van der Waals surface area contributed by atoms with Gasteiger partial charge in [-0.25, -0.2) is 0 Å². The molecule has 0 bridgehead atoms. The number of ether oxygens (including phenoxy) is 16. The van der Waals surface area contributed by atoms with Crippen LogP contribution in [0.1, 0.15) is 72.4 Å². The monoisotopic (exact) mass is 2010 g/mol. The predicted molar refractivity (Wildman–Crippen MR) is 447 cm³/mol. The van der Waals surface area contributed by atoms with E-state index in [0.29, 0.717) is 21.5 Å². The molecule has 8 fully saturated rings. The van der Waals surface area contributed by atoms with E-state index in [1.165, 1.54) is 62.4 Å². The quantitative estimate of drug-likeness (QED) is 0.0166. The topological polar surface area (TPSA) is 789 Å². The fraction of sp³-hybridized carbons (Fsp3) is 0.636. The zero-order chi connectivity index (χ0) is 100. The van der Waals surface area contributed by atoms with Gasteiger partial charge >= 0.3 is 59.1 Å². The van der Waals surface area contributed by atoms with Gasteiger partial charge in [0.2, 0.25) is 23.4 Å². The summed E-state index contributed by atoms with van der Waals surface area (Å²) in [7, 11) is 0. The summed E-state index contributed by atoms with van der Waals surface area (Å²) in [6, 6.07) is 21.3. The summed E-state index contributed by atoms with van der Waals surface area (Å²) in [6.07, 6.45) is -78.8. The van der Waals surface area contributed by atoms with Crippen LogP contribution >= 0.6 is 0 Å². The number of benzene rings is 5. The second kappa shape index (κ2) is 49.6. The number of carbonyl (C=O) groups is 6. The Kier molecular flexibility index (Phi) is 40.5. The molecule has 50 nitrogen and oxygen atoms in total. The van der Waals surface area contributed by atoms with E-state index in [0.717, 1.165) is 13.8 Å². The molecule has 8 heterocycles. The van der Waals surface area contributed by atoms with Crippen molar-refractivity contribution in [1.29, 1.82) is 0 Å².